The molecular formula is C22H31F2N5O2. The van der Waals surface area contributed by atoms with Crippen LogP contribution >= 0.6 is 0 Å². The van der Waals surface area contributed by atoms with E-state index in [-0.39, 0.29) is 32.9 Å². The summed E-state index contributed by atoms with van der Waals surface area (Å²) in [7, 11) is 0. The zero-order chi connectivity index (χ0) is 20.5. The number of nitrogens with zero attached hydrogens (tertiary/aromatic N) is 4. The average molecular weight is 436 g/mol. The second-order valence-corrected chi connectivity index (χ2v) is 7.18. The van der Waals surface area contributed by atoms with Gasteiger partial charge in [0.2, 0.25) is 11.9 Å². The minimum atomic E-state index is -0.918. The number of ether oxygens (including phenoxy) is 1. The van der Waals surface area contributed by atoms with E-state index in [1.54, 1.807) is 11.1 Å². The highest BCUT2D eigenvalue weighted by molar-refractivity contribution is 6.02. The number of carbonyl (C=O) groups is 1. The van der Waals surface area contributed by atoms with Crippen LogP contribution in [-0.2, 0) is 4.79 Å². The maximum absolute atomic E-state index is 13.3. The number of hydrogen-bond donors (Lipinski definition) is 1. The summed E-state index contributed by atoms with van der Waals surface area (Å²) in [5, 5.41) is 3.29. The van der Waals surface area contributed by atoms with E-state index in [1.807, 2.05) is 18.7 Å². The molecule has 170 valence electrons. The van der Waals surface area contributed by atoms with Gasteiger partial charge >= 0.3 is 0 Å². The van der Waals surface area contributed by atoms with Crippen LogP contribution in [0.1, 0.15) is 41.5 Å². The number of fused-ring (bicyclic) bond motifs is 1. The largest absolute Gasteiger partial charge is 0.490 e. The molecule has 1 aromatic heterocycles. The lowest BCUT2D eigenvalue weighted by Crippen LogP contribution is -2.46. The molecule has 1 aromatic carbocycles. The number of halogens is 2. The Morgan fingerprint density at radius 3 is 2.55 bits per heavy atom. The summed E-state index contributed by atoms with van der Waals surface area (Å²) >= 11 is 0. The number of rotatable bonds is 6. The molecule has 0 radical (unpaired) electrons. The Bertz CT molecular complexity index is 921. The second kappa shape index (κ2) is 9.89. The van der Waals surface area contributed by atoms with E-state index in [2.05, 4.69) is 15.3 Å². The molecule has 2 aromatic rings. The molecule has 0 spiro atoms. The number of hydrogen-bond acceptors (Lipinski definition) is 6. The van der Waals surface area contributed by atoms with Crippen LogP contribution in [0.4, 0.5) is 26.2 Å². The molecule has 31 heavy (non-hydrogen) atoms. The molecule has 9 heteroatoms. The topological polar surface area (TPSA) is 70.6 Å². The van der Waals surface area contributed by atoms with Gasteiger partial charge < -0.3 is 19.9 Å². The molecule has 0 bridgehead atoms. The molecule has 2 heterocycles. The van der Waals surface area contributed by atoms with Crippen molar-refractivity contribution in [3.8, 4) is 5.75 Å². The lowest BCUT2D eigenvalue weighted by atomic mass is 9.89. The predicted molar refractivity (Wildman–Crippen MR) is 119 cm³/mol. The summed E-state index contributed by atoms with van der Waals surface area (Å²) in [5.41, 5.74) is 0.726. The van der Waals surface area contributed by atoms with Gasteiger partial charge in [0.25, 0.3) is 0 Å². The van der Waals surface area contributed by atoms with Crippen molar-refractivity contribution in [3.63, 3.8) is 0 Å². The lowest BCUT2D eigenvalue weighted by Gasteiger charge is -2.37. The Morgan fingerprint density at radius 1 is 1.16 bits per heavy atom. The van der Waals surface area contributed by atoms with Crippen LogP contribution in [0.5, 0.6) is 5.75 Å². The fraction of sp³-hybridized carbons (Fsp3) is 0.500. The highest BCUT2D eigenvalue weighted by atomic mass is 19.2. The molecule has 0 atom stereocenters. The van der Waals surface area contributed by atoms with Gasteiger partial charge in [-0.25, -0.2) is 13.8 Å². The first kappa shape index (κ1) is 24.3. The lowest BCUT2D eigenvalue weighted by molar-refractivity contribution is -0.117. The summed E-state index contributed by atoms with van der Waals surface area (Å²) < 4.78 is 32.0. The zero-order valence-electron chi connectivity index (χ0n) is 16.4. The number of anilines is 3. The van der Waals surface area contributed by atoms with Gasteiger partial charge in [0.1, 0.15) is 17.5 Å². The fourth-order valence-corrected chi connectivity index (χ4v) is 3.63. The van der Waals surface area contributed by atoms with Crippen LogP contribution < -0.4 is 19.9 Å². The van der Waals surface area contributed by atoms with E-state index in [9.17, 15) is 13.6 Å². The Labute approximate surface area is 182 Å². The Balaban J connectivity index is 0.00000171. The van der Waals surface area contributed by atoms with Gasteiger partial charge in [-0.2, -0.15) is 4.98 Å². The molecule has 1 amide bonds. The third kappa shape index (κ3) is 4.86. The number of benzene rings is 1. The van der Waals surface area contributed by atoms with Gasteiger partial charge in [-0.05, 0) is 26.0 Å². The molecule has 1 fully saturated rings. The smallest absolute Gasteiger partial charge is 0.246 e. The van der Waals surface area contributed by atoms with Gasteiger partial charge in [0, 0.05) is 38.0 Å². The maximum Gasteiger partial charge on any atom is 0.246 e. The van der Waals surface area contributed by atoms with Crippen molar-refractivity contribution in [2.24, 2.45) is 0 Å². The van der Waals surface area contributed by atoms with Gasteiger partial charge in [-0.1, -0.05) is 14.9 Å². The monoisotopic (exact) mass is 435 g/mol. The number of amides is 1. The van der Waals surface area contributed by atoms with E-state index in [0.29, 0.717) is 44.2 Å². The van der Waals surface area contributed by atoms with Crippen LogP contribution in [0.15, 0.2) is 24.4 Å². The van der Waals surface area contributed by atoms with Crippen LogP contribution in [-0.4, -0.2) is 47.7 Å². The number of likely N-dealkylation sites (N-methyl/N-ethyl adjacent to an activating group) is 2. The fourth-order valence-electron chi connectivity index (χ4n) is 3.63. The quantitative estimate of drug-likeness (QED) is 0.732. The second-order valence-electron chi connectivity index (χ2n) is 7.18. The molecule has 4 rings (SSSR count). The van der Waals surface area contributed by atoms with Crippen molar-refractivity contribution in [3.05, 3.63) is 36.0 Å². The van der Waals surface area contributed by atoms with Crippen molar-refractivity contribution in [1.82, 2.24) is 9.97 Å². The summed E-state index contributed by atoms with van der Waals surface area (Å²) in [4.78, 5) is 24.9. The van der Waals surface area contributed by atoms with Crippen molar-refractivity contribution in [1.29, 1.82) is 0 Å². The van der Waals surface area contributed by atoms with Gasteiger partial charge in [0.15, 0.2) is 17.5 Å². The van der Waals surface area contributed by atoms with Crippen molar-refractivity contribution >= 4 is 23.4 Å². The van der Waals surface area contributed by atoms with E-state index in [1.165, 1.54) is 6.07 Å². The van der Waals surface area contributed by atoms with Crippen molar-refractivity contribution in [2.75, 3.05) is 34.8 Å². The Morgan fingerprint density at radius 2 is 1.90 bits per heavy atom. The minimum absolute atomic E-state index is 0. The Kier molecular flexibility index (Phi) is 7.75. The molecule has 1 saturated carbocycles. The van der Waals surface area contributed by atoms with Crippen LogP contribution in [0.2, 0.25) is 0 Å². The third-order valence-corrected chi connectivity index (χ3v) is 5.29. The average Bonchev–Trinajstić information content (AvgIpc) is 2.68. The zero-order valence-corrected chi connectivity index (χ0v) is 16.4. The molecular weight excluding hydrogens is 404 g/mol. The van der Waals surface area contributed by atoms with Crippen molar-refractivity contribution < 1.29 is 18.3 Å². The van der Waals surface area contributed by atoms with Crippen LogP contribution in [0.25, 0.3) is 0 Å². The molecule has 7 nitrogen and oxygen atoms in total. The summed E-state index contributed by atoms with van der Waals surface area (Å²) in [6.45, 7) is 5.48. The van der Waals surface area contributed by atoms with E-state index < -0.39 is 11.6 Å². The minimum Gasteiger partial charge on any atom is -0.490 e. The molecule has 0 saturated heterocycles. The first-order valence-electron chi connectivity index (χ1n) is 9.79. The maximum atomic E-state index is 13.3. The van der Waals surface area contributed by atoms with Gasteiger partial charge in [-0.15, -0.1) is 0 Å². The molecule has 1 aliphatic carbocycles. The Hall–Kier alpha value is -2.97. The van der Waals surface area contributed by atoms with Crippen LogP contribution in [0.3, 0.4) is 0 Å². The number of nitrogens with one attached hydrogen (secondary N) is 1. The molecule has 0 unspecified atom stereocenters. The normalized spacial score (nSPS) is 19.5. The van der Waals surface area contributed by atoms with Crippen molar-refractivity contribution in [2.45, 2.75) is 53.7 Å². The van der Waals surface area contributed by atoms with E-state index in [0.717, 1.165) is 23.6 Å². The standard InChI is InChI=1S/C20H23F2N5O2.2CH4/c1-3-26-11-18(28)27(4-2)17-10-23-20(25-19(17)26)24-12-7-14(8-12)29-13-5-6-15(21)16(22)9-13;;/h5-6,9-10,12,14H,3-4,7-8,11H2,1-2H3,(H,23,24,25);2*1H4. The molecule has 1 N–H and O–H groups in total. The number of aromatic nitrogens is 2. The first-order chi connectivity index (χ1) is 14.0. The van der Waals surface area contributed by atoms with Crippen LogP contribution in [0, 0.1) is 11.6 Å². The predicted octanol–water partition coefficient (Wildman–Crippen LogP) is 4.24. The summed E-state index contributed by atoms with van der Waals surface area (Å²) in [5.74, 6) is -0.189. The molecule has 1 aliphatic heterocycles. The number of carbonyl (C=O) groups excluding carboxylic acids is 1. The summed E-state index contributed by atoms with van der Waals surface area (Å²) in [6.07, 6.45) is 3.02. The first-order valence-corrected chi connectivity index (χ1v) is 9.79. The summed E-state index contributed by atoms with van der Waals surface area (Å²) in [6, 6.07) is 3.67. The SMILES string of the molecule is C.C.CCN1CC(=O)N(CC)c2cnc(NC3CC(Oc4ccc(F)c(F)c4)C3)nc21. The van der Waals surface area contributed by atoms with Gasteiger partial charge in [0.05, 0.1) is 12.7 Å². The highest BCUT2D eigenvalue weighted by Gasteiger charge is 2.33. The van der Waals surface area contributed by atoms with Gasteiger partial charge in [-0.3, -0.25) is 4.79 Å². The molecule has 2 aliphatic rings. The van der Waals surface area contributed by atoms with E-state index >= 15 is 0 Å². The highest BCUT2D eigenvalue weighted by Crippen LogP contribution is 2.33. The van der Waals surface area contributed by atoms with E-state index in [4.69, 9.17) is 4.74 Å². The third-order valence-electron chi connectivity index (χ3n) is 5.29.